The molecule has 8 heteroatoms. The smallest absolute Gasteiger partial charge is 0.317 e. The van der Waals surface area contributed by atoms with Crippen molar-refractivity contribution in [3.05, 3.63) is 0 Å². The van der Waals surface area contributed by atoms with Crippen molar-refractivity contribution in [3.63, 3.8) is 0 Å². The lowest BCUT2D eigenvalue weighted by molar-refractivity contribution is -0.0317. The number of nitrogens with zero attached hydrogens (tertiary/aromatic N) is 2. The molecule has 2 amide bonds. The lowest BCUT2D eigenvalue weighted by Gasteiger charge is -2.33. The average Bonchev–Trinajstić information content (AvgIpc) is 2.42. The van der Waals surface area contributed by atoms with E-state index in [-0.39, 0.29) is 12.1 Å². The molecule has 2 bridgehead atoms. The van der Waals surface area contributed by atoms with Crippen molar-refractivity contribution < 1.29 is 22.0 Å². The van der Waals surface area contributed by atoms with Crippen molar-refractivity contribution in [2.75, 3.05) is 6.54 Å². The number of amides is 2. The van der Waals surface area contributed by atoms with Crippen molar-refractivity contribution in [3.8, 4) is 0 Å². The molecule has 2 fully saturated rings. The Morgan fingerprint density at radius 3 is 2.59 bits per heavy atom. The van der Waals surface area contributed by atoms with Crippen LogP contribution in [-0.4, -0.2) is 47.6 Å². The zero-order chi connectivity index (χ0) is 12.8. The van der Waals surface area contributed by atoms with E-state index in [4.69, 9.17) is 4.55 Å². The number of rotatable bonds is 3. The van der Waals surface area contributed by atoms with Crippen LogP contribution in [0.3, 0.4) is 0 Å². The van der Waals surface area contributed by atoms with Gasteiger partial charge in [0.1, 0.15) is 0 Å². The quantitative estimate of drug-likeness (QED) is 0.756. The highest BCUT2D eigenvalue weighted by molar-refractivity contribution is 7.80. The molecule has 7 nitrogen and oxygen atoms in total. The van der Waals surface area contributed by atoms with E-state index in [1.54, 1.807) is 4.90 Å². The van der Waals surface area contributed by atoms with Gasteiger partial charge in [-0.15, -0.1) is 4.28 Å². The maximum absolute atomic E-state index is 11.9. The molecular weight excluding hydrogens is 248 g/mol. The number of piperidine rings is 1. The van der Waals surface area contributed by atoms with E-state index < -0.39 is 16.4 Å². The lowest BCUT2D eigenvalue weighted by Crippen LogP contribution is -2.43. The molecule has 0 spiro atoms. The van der Waals surface area contributed by atoms with Crippen molar-refractivity contribution in [2.45, 2.75) is 38.8 Å². The standard InChI is InChI=1S/C9H16N2O5S/c1-6(2)8-4-3-7-5-10(8)9(12)11(7)16-17(13,14)15/h6-8H,3-5H2,1-2H3,(H,13,14,15). The number of carbonyl (C=O) groups is 1. The van der Waals surface area contributed by atoms with Gasteiger partial charge in [0, 0.05) is 12.6 Å². The fourth-order valence-corrected chi connectivity index (χ4v) is 2.94. The van der Waals surface area contributed by atoms with Gasteiger partial charge in [-0.25, -0.2) is 4.79 Å². The summed E-state index contributed by atoms with van der Waals surface area (Å²) in [5, 5.41) is 0.776. The second kappa shape index (κ2) is 4.11. The Kier molecular flexibility index (Phi) is 3.04. The summed E-state index contributed by atoms with van der Waals surface area (Å²) in [4.78, 5) is 13.5. The third-order valence-corrected chi connectivity index (χ3v) is 3.66. The molecule has 0 aliphatic carbocycles. The normalized spacial score (nSPS) is 29.3. The summed E-state index contributed by atoms with van der Waals surface area (Å²) < 4.78 is 34.3. The number of hydrogen-bond donors (Lipinski definition) is 1. The number of carbonyl (C=O) groups excluding carboxylic acids is 1. The Balaban J connectivity index is 2.17. The Morgan fingerprint density at radius 2 is 2.06 bits per heavy atom. The fourth-order valence-electron chi connectivity index (χ4n) is 2.55. The summed E-state index contributed by atoms with van der Waals surface area (Å²) in [5.41, 5.74) is 0. The van der Waals surface area contributed by atoms with Gasteiger partial charge >= 0.3 is 16.4 Å². The Labute approximate surface area is 100 Å². The van der Waals surface area contributed by atoms with Gasteiger partial charge in [-0.1, -0.05) is 13.8 Å². The molecule has 0 saturated carbocycles. The van der Waals surface area contributed by atoms with Crippen LogP contribution in [-0.2, 0) is 14.7 Å². The van der Waals surface area contributed by atoms with Crippen molar-refractivity contribution in [2.24, 2.45) is 5.92 Å². The summed E-state index contributed by atoms with van der Waals surface area (Å²) in [6, 6.07) is -0.669. The highest BCUT2D eigenvalue weighted by atomic mass is 32.3. The number of hydrogen-bond acceptors (Lipinski definition) is 4. The van der Waals surface area contributed by atoms with Crippen molar-refractivity contribution in [1.82, 2.24) is 9.96 Å². The molecule has 2 atom stereocenters. The summed E-state index contributed by atoms with van der Waals surface area (Å²) in [7, 11) is -4.64. The summed E-state index contributed by atoms with van der Waals surface area (Å²) >= 11 is 0. The van der Waals surface area contributed by atoms with E-state index >= 15 is 0 Å². The summed E-state index contributed by atoms with van der Waals surface area (Å²) in [6.07, 6.45) is 1.50. The van der Waals surface area contributed by atoms with Crippen molar-refractivity contribution in [1.29, 1.82) is 0 Å². The minimum absolute atomic E-state index is 0.105. The molecule has 0 aromatic rings. The molecule has 2 rings (SSSR count). The molecule has 2 unspecified atom stereocenters. The first kappa shape index (κ1) is 12.6. The molecular formula is C9H16N2O5S. The first-order valence-corrected chi connectivity index (χ1v) is 6.93. The zero-order valence-corrected chi connectivity index (χ0v) is 10.6. The average molecular weight is 264 g/mol. The minimum atomic E-state index is -4.64. The second-order valence-electron chi connectivity index (χ2n) is 4.81. The Morgan fingerprint density at radius 1 is 1.41 bits per heavy atom. The van der Waals surface area contributed by atoms with E-state index in [0.717, 1.165) is 11.5 Å². The minimum Gasteiger partial charge on any atom is -0.317 e. The molecule has 98 valence electrons. The predicted molar refractivity (Wildman–Crippen MR) is 58.2 cm³/mol. The molecule has 2 saturated heterocycles. The molecule has 2 aliphatic heterocycles. The van der Waals surface area contributed by atoms with Crippen LogP contribution in [0.15, 0.2) is 0 Å². The zero-order valence-electron chi connectivity index (χ0n) is 9.74. The van der Waals surface area contributed by atoms with Gasteiger partial charge in [-0.05, 0) is 18.8 Å². The van der Waals surface area contributed by atoms with Crippen molar-refractivity contribution >= 4 is 16.4 Å². The van der Waals surface area contributed by atoms with E-state index in [2.05, 4.69) is 4.28 Å². The highest BCUT2D eigenvalue weighted by Crippen LogP contribution is 2.33. The van der Waals surface area contributed by atoms with E-state index in [1.807, 2.05) is 13.8 Å². The van der Waals surface area contributed by atoms with Gasteiger partial charge in [-0.2, -0.15) is 13.5 Å². The van der Waals surface area contributed by atoms with Gasteiger partial charge in [0.15, 0.2) is 0 Å². The highest BCUT2D eigenvalue weighted by Gasteiger charge is 2.47. The van der Waals surface area contributed by atoms with Gasteiger partial charge < -0.3 is 4.90 Å². The third-order valence-electron chi connectivity index (χ3n) is 3.31. The van der Waals surface area contributed by atoms with Crippen LogP contribution in [0, 0.1) is 5.92 Å². The molecule has 0 aromatic carbocycles. The molecule has 0 aromatic heterocycles. The molecule has 2 aliphatic rings. The van der Waals surface area contributed by atoms with E-state index in [1.165, 1.54) is 0 Å². The van der Waals surface area contributed by atoms with Crippen LogP contribution in [0.1, 0.15) is 26.7 Å². The Bertz CT molecular complexity index is 421. The van der Waals surface area contributed by atoms with Crippen LogP contribution < -0.4 is 0 Å². The Hall–Kier alpha value is -0.860. The molecule has 1 N–H and O–H groups in total. The largest absolute Gasteiger partial charge is 0.418 e. The van der Waals surface area contributed by atoms with Gasteiger partial charge in [0.05, 0.1) is 6.04 Å². The summed E-state index contributed by atoms with van der Waals surface area (Å²) in [6.45, 7) is 4.49. The first-order valence-electron chi connectivity index (χ1n) is 5.56. The van der Waals surface area contributed by atoms with Gasteiger partial charge in [0.2, 0.25) is 0 Å². The SMILES string of the molecule is CC(C)C1CCC2CN1C(=O)N2OS(=O)(=O)O. The first-order chi connectivity index (χ1) is 7.79. The fraction of sp³-hybridized carbons (Fsp3) is 0.889. The van der Waals surface area contributed by atoms with E-state index in [9.17, 15) is 13.2 Å². The van der Waals surface area contributed by atoms with Crippen LogP contribution in [0.4, 0.5) is 4.79 Å². The number of urea groups is 1. The van der Waals surface area contributed by atoms with Crippen LogP contribution in [0.5, 0.6) is 0 Å². The van der Waals surface area contributed by atoms with Crippen LogP contribution in [0.2, 0.25) is 0 Å². The van der Waals surface area contributed by atoms with Crippen LogP contribution >= 0.6 is 0 Å². The van der Waals surface area contributed by atoms with Crippen LogP contribution in [0.25, 0.3) is 0 Å². The third kappa shape index (κ3) is 2.38. The van der Waals surface area contributed by atoms with Gasteiger partial charge in [-0.3, -0.25) is 4.55 Å². The second-order valence-corrected chi connectivity index (χ2v) is 5.81. The lowest BCUT2D eigenvalue weighted by atomic mass is 9.92. The van der Waals surface area contributed by atoms with Gasteiger partial charge in [0.25, 0.3) is 0 Å². The number of hydroxylamine groups is 2. The topological polar surface area (TPSA) is 87.2 Å². The maximum atomic E-state index is 11.9. The monoisotopic (exact) mass is 264 g/mol. The molecule has 17 heavy (non-hydrogen) atoms. The number of fused-ring (bicyclic) bond motifs is 2. The van der Waals surface area contributed by atoms with E-state index in [0.29, 0.717) is 18.9 Å². The molecule has 2 heterocycles. The predicted octanol–water partition coefficient (Wildman–Crippen LogP) is 0.645. The maximum Gasteiger partial charge on any atom is 0.418 e. The summed E-state index contributed by atoms with van der Waals surface area (Å²) in [5.74, 6) is 0.311. The molecule has 0 radical (unpaired) electrons.